The van der Waals surface area contributed by atoms with Crippen molar-refractivity contribution in [1.29, 1.82) is 0 Å². The van der Waals surface area contributed by atoms with Gasteiger partial charge in [-0.1, -0.05) is 50.3 Å². The third-order valence-corrected chi connectivity index (χ3v) is 8.89. The number of aromatic nitrogens is 1. The number of ether oxygens (including phenoxy) is 1. The van der Waals surface area contributed by atoms with Crippen molar-refractivity contribution in [2.75, 3.05) is 13.1 Å². The fourth-order valence-corrected chi connectivity index (χ4v) is 6.58. The minimum Gasteiger partial charge on any atom is -0.444 e. The van der Waals surface area contributed by atoms with Crippen molar-refractivity contribution in [1.82, 2.24) is 14.6 Å². The number of hydrogen-bond acceptors (Lipinski definition) is 9. The zero-order valence-corrected chi connectivity index (χ0v) is 23.5. The van der Waals surface area contributed by atoms with Crippen molar-refractivity contribution in [3.63, 3.8) is 0 Å². The molecule has 2 unspecified atom stereocenters. The van der Waals surface area contributed by atoms with Crippen LogP contribution in [-0.2, 0) is 27.8 Å². The van der Waals surface area contributed by atoms with E-state index < -0.39 is 28.3 Å². The van der Waals surface area contributed by atoms with Gasteiger partial charge < -0.3 is 20.9 Å². The number of benzene rings is 1. The Labute approximate surface area is 232 Å². The Bertz CT molecular complexity index is 1380. The maximum Gasteiger partial charge on any atom is 0.407 e. The molecular formula is C27H33N5O5S2. The average Bonchev–Trinajstić information content (AvgIpc) is 3.55. The molecule has 39 heavy (non-hydrogen) atoms. The van der Waals surface area contributed by atoms with E-state index >= 15 is 0 Å². The summed E-state index contributed by atoms with van der Waals surface area (Å²) in [6.45, 7) is 3.84. The first-order chi connectivity index (χ1) is 18.6. The molecule has 0 radical (unpaired) electrons. The lowest BCUT2D eigenvalue weighted by atomic mass is 10.0. The predicted octanol–water partition coefficient (Wildman–Crippen LogP) is 3.10. The topological polar surface area (TPSA) is 147 Å². The number of carbonyl (C=O) groups excluding carboxylic acids is 1. The normalized spacial score (nSPS) is 16.6. The number of hydrogen-bond donors (Lipinski definition) is 3. The summed E-state index contributed by atoms with van der Waals surface area (Å²) >= 11 is 1.36. The molecule has 1 aromatic carbocycles. The van der Waals surface area contributed by atoms with Gasteiger partial charge in [-0.15, -0.1) is 11.3 Å². The Morgan fingerprint density at radius 1 is 1.23 bits per heavy atom. The molecule has 1 aliphatic heterocycles. The van der Waals surface area contributed by atoms with Crippen molar-refractivity contribution < 1.29 is 23.1 Å². The Morgan fingerprint density at radius 3 is 2.69 bits per heavy atom. The van der Waals surface area contributed by atoms with Crippen molar-refractivity contribution >= 4 is 33.2 Å². The first-order valence-corrected chi connectivity index (χ1v) is 14.9. The molecule has 208 valence electrons. The van der Waals surface area contributed by atoms with Crippen LogP contribution >= 0.6 is 11.3 Å². The second kappa shape index (κ2) is 12.7. The van der Waals surface area contributed by atoms with E-state index in [4.69, 9.17) is 10.5 Å². The predicted molar refractivity (Wildman–Crippen MR) is 151 cm³/mol. The van der Waals surface area contributed by atoms with Gasteiger partial charge in [0.15, 0.2) is 0 Å². The van der Waals surface area contributed by atoms with Gasteiger partial charge >= 0.3 is 6.09 Å². The number of aliphatic imine (C=N–C) groups is 1. The summed E-state index contributed by atoms with van der Waals surface area (Å²) in [7, 11) is -3.95. The van der Waals surface area contributed by atoms with E-state index in [-0.39, 0.29) is 43.4 Å². The number of allylic oxidation sites excluding steroid dienone is 5. The third-order valence-electron chi connectivity index (χ3n) is 6.22. The fraction of sp³-hybridized carbons (Fsp3) is 0.370. The molecule has 0 saturated carbocycles. The standard InChI is InChI=1S/C27H33N5O5S2/c1-18(2)14-32(39(35,36)22-9-8-20-11-26(28)30-23(20)12-22)15-25(33)24(10-19-6-4-3-5-7-19)31-27(34)37-16-21-13-29-17-38-21/h3-9,11,13,17-18,24-25,33H,10,12,14-16,28H2,1-2H3,(H,31,34). The molecule has 2 heterocycles. The highest BCUT2D eigenvalue weighted by Crippen LogP contribution is 2.29. The van der Waals surface area contributed by atoms with Crippen molar-refractivity contribution in [3.05, 3.63) is 87.0 Å². The van der Waals surface area contributed by atoms with E-state index in [1.165, 1.54) is 15.6 Å². The number of thiazole rings is 1. The minimum absolute atomic E-state index is 0.00620. The van der Waals surface area contributed by atoms with Crippen LogP contribution in [0, 0.1) is 5.92 Å². The number of alkyl carbamates (subject to hydrolysis) is 1. The average molecular weight is 572 g/mol. The van der Waals surface area contributed by atoms with Gasteiger partial charge in [0.2, 0.25) is 10.0 Å². The zero-order valence-electron chi connectivity index (χ0n) is 21.9. The van der Waals surface area contributed by atoms with Gasteiger partial charge in [0.25, 0.3) is 0 Å². The van der Waals surface area contributed by atoms with Gasteiger partial charge in [-0.2, -0.15) is 4.31 Å². The lowest BCUT2D eigenvalue weighted by Gasteiger charge is -2.31. The molecule has 4 N–H and O–H groups in total. The van der Waals surface area contributed by atoms with Crippen LogP contribution in [0.1, 0.15) is 30.7 Å². The number of sulfonamides is 1. The van der Waals surface area contributed by atoms with Crippen molar-refractivity contribution in [2.24, 2.45) is 16.6 Å². The van der Waals surface area contributed by atoms with Crippen LogP contribution in [0.2, 0.25) is 0 Å². The molecule has 1 aliphatic carbocycles. The molecule has 2 atom stereocenters. The number of nitrogens with two attached hydrogens (primary N) is 1. The van der Waals surface area contributed by atoms with E-state index in [9.17, 15) is 18.3 Å². The molecule has 10 nitrogen and oxygen atoms in total. The summed E-state index contributed by atoms with van der Waals surface area (Å²) in [5.41, 5.74) is 9.71. The summed E-state index contributed by atoms with van der Waals surface area (Å²) in [6, 6.07) is 8.55. The maximum atomic E-state index is 13.8. The van der Waals surface area contributed by atoms with Gasteiger partial charge in [0, 0.05) is 31.3 Å². The second-order valence-electron chi connectivity index (χ2n) is 9.83. The van der Waals surface area contributed by atoms with Crippen molar-refractivity contribution in [3.8, 4) is 0 Å². The molecule has 1 aromatic heterocycles. The number of nitrogens with one attached hydrogen (secondary N) is 1. The molecule has 0 saturated heterocycles. The largest absolute Gasteiger partial charge is 0.444 e. The van der Waals surface area contributed by atoms with Crippen LogP contribution in [0.3, 0.4) is 0 Å². The first-order valence-electron chi connectivity index (χ1n) is 12.6. The number of aliphatic hydroxyl groups excluding tert-OH is 1. The number of nitrogens with zero attached hydrogens (tertiary/aromatic N) is 3. The Morgan fingerprint density at radius 2 is 2.00 bits per heavy atom. The van der Waals surface area contributed by atoms with E-state index in [2.05, 4.69) is 15.3 Å². The SMILES string of the molecule is CC(C)CN(CC(O)C(Cc1ccccc1)NC(=O)OCc1cncs1)S(=O)(=O)C1=CC=C2C=C(N)N=C2C1. The Kier molecular flexibility index (Phi) is 9.33. The van der Waals surface area contributed by atoms with Gasteiger partial charge in [-0.3, -0.25) is 4.98 Å². The Balaban J connectivity index is 1.51. The van der Waals surface area contributed by atoms with E-state index in [1.807, 2.05) is 44.2 Å². The quantitative estimate of drug-likeness (QED) is 0.355. The third kappa shape index (κ3) is 7.63. The molecule has 4 rings (SSSR count). The second-order valence-corrected chi connectivity index (χ2v) is 12.8. The lowest BCUT2D eigenvalue weighted by Crippen LogP contribution is -2.51. The smallest absolute Gasteiger partial charge is 0.407 e. The van der Waals surface area contributed by atoms with E-state index in [0.717, 1.165) is 16.0 Å². The lowest BCUT2D eigenvalue weighted by molar-refractivity contribution is 0.0877. The molecule has 2 aliphatic rings. The van der Waals surface area contributed by atoms with Crippen LogP contribution in [0.4, 0.5) is 4.79 Å². The molecule has 0 spiro atoms. The molecular weight excluding hydrogens is 538 g/mol. The summed E-state index contributed by atoms with van der Waals surface area (Å²) in [4.78, 5) is 21.8. The van der Waals surface area contributed by atoms with Gasteiger partial charge in [0.1, 0.15) is 12.4 Å². The number of rotatable bonds is 12. The van der Waals surface area contributed by atoms with Crippen molar-refractivity contribution in [2.45, 2.75) is 45.4 Å². The van der Waals surface area contributed by atoms with Gasteiger partial charge in [0.05, 0.1) is 33.2 Å². The first kappa shape index (κ1) is 28.7. The Hall–Kier alpha value is -3.32. The molecule has 2 aromatic rings. The summed E-state index contributed by atoms with van der Waals surface area (Å²) in [6.07, 6.45) is 5.05. The highest BCUT2D eigenvalue weighted by atomic mass is 32.2. The van der Waals surface area contributed by atoms with Gasteiger partial charge in [-0.05, 0) is 30.1 Å². The highest BCUT2D eigenvalue weighted by molar-refractivity contribution is 7.93. The molecule has 0 bridgehead atoms. The monoisotopic (exact) mass is 571 g/mol. The number of amides is 1. The summed E-state index contributed by atoms with van der Waals surface area (Å²) in [5.74, 6) is 0.336. The van der Waals surface area contributed by atoms with Gasteiger partial charge in [-0.25, -0.2) is 18.2 Å². The van der Waals surface area contributed by atoms with Crippen LogP contribution < -0.4 is 11.1 Å². The molecule has 0 fully saturated rings. The van der Waals surface area contributed by atoms with Crippen LogP contribution in [0.15, 0.2) is 81.6 Å². The highest BCUT2D eigenvalue weighted by Gasteiger charge is 2.34. The molecule has 12 heteroatoms. The molecule has 1 amide bonds. The van der Waals surface area contributed by atoms with Crippen LogP contribution in [0.5, 0.6) is 0 Å². The van der Waals surface area contributed by atoms with E-state index in [1.54, 1.807) is 29.9 Å². The maximum absolute atomic E-state index is 13.8. The van der Waals surface area contributed by atoms with Crippen LogP contribution in [-0.4, -0.2) is 59.9 Å². The van der Waals surface area contributed by atoms with E-state index in [0.29, 0.717) is 11.5 Å². The number of aliphatic hydroxyl groups is 1. The fourth-order valence-electron chi connectivity index (χ4n) is 4.34. The number of carbonyl (C=O) groups is 1. The number of fused-ring (bicyclic) bond motifs is 1. The van der Waals surface area contributed by atoms with Crippen LogP contribution in [0.25, 0.3) is 0 Å². The zero-order chi connectivity index (χ0) is 28.0. The summed E-state index contributed by atoms with van der Waals surface area (Å²) in [5, 5.41) is 14.1. The summed E-state index contributed by atoms with van der Waals surface area (Å²) < 4.78 is 34.1. The minimum atomic E-state index is -3.95.